The van der Waals surface area contributed by atoms with Crippen molar-refractivity contribution in [2.24, 2.45) is 4.99 Å². The van der Waals surface area contributed by atoms with Gasteiger partial charge in [0.2, 0.25) is 0 Å². The van der Waals surface area contributed by atoms with E-state index in [0.29, 0.717) is 13.2 Å². The van der Waals surface area contributed by atoms with Crippen molar-refractivity contribution >= 4 is 5.96 Å². The molecule has 1 heterocycles. The number of aliphatic imine (C=N–C) groups is 1. The van der Waals surface area contributed by atoms with E-state index in [9.17, 15) is 0 Å². The van der Waals surface area contributed by atoms with Crippen molar-refractivity contribution in [2.75, 3.05) is 19.7 Å². The van der Waals surface area contributed by atoms with Crippen LogP contribution >= 0.6 is 0 Å². The van der Waals surface area contributed by atoms with Crippen LogP contribution in [-0.4, -0.2) is 35.4 Å². The lowest BCUT2D eigenvalue weighted by Crippen LogP contribution is -2.38. The number of hydrogen-bond acceptors (Lipinski definition) is 3. The molecule has 0 aliphatic rings. The molecule has 0 saturated carbocycles. The van der Waals surface area contributed by atoms with Gasteiger partial charge in [-0.25, -0.2) is 4.99 Å². The van der Waals surface area contributed by atoms with Gasteiger partial charge < -0.3 is 15.4 Å². The van der Waals surface area contributed by atoms with E-state index in [4.69, 9.17) is 9.73 Å². The highest BCUT2D eigenvalue weighted by Gasteiger charge is 2.03. The minimum absolute atomic E-state index is 0.639. The normalized spacial score (nSPS) is 11.5. The number of benzene rings is 1. The maximum Gasteiger partial charge on any atom is 0.191 e. The first kappa shape index (κ1) is 20.0. The monoisotopic (exact) mass is 357 g/mol. The van der Waals surface area contributed by atoms with E-state index in [-0.39, 0.29) is 0 Å². The van der Waals surface area contributed by atoms with E-state index >= 15 is 0 Å². The lowest BCUT2D eigenvalue weighted by atomic mass is 10.1. The van der Waals surface area contributed by atoms with E-state index in [1.165, 1.54) is 11.1 Å². The first-order valence-electron chi connectivity index (χ1n) is 9.47. The quantitative estimate of drug-likeness (QED) is 0.369. The summed E-state index contributed by atoms with van der Waals surface area (Å²) in [5.74, 6) is 0.845. The molecular formula is C20H31N5O. The number of ether oxygens (including phenoxy) is 1. The molecule has 142 valence electrons. The second kappa shape index (κ2) is 12.1. The molecule has 0 bridgehead atoms. The molecule has 6 nitrogen and oxygen atoms in total. The third-order valence-electron chi connectivity index (χ3n) is 3.89. The molecule has 0 atom stereocenters. The Labute approximate surface area is 156 Å². The molecule has 2 rings (SSSR count). The first-order chi connectivity index (χ1) is 12.8. The zero-order valence-electron chi connectivity index (χ0n) is 15.9. The average molecular weight is 358 g/mol. The molecule has 0 unspecified atom stereocenters. The van der Waals surface area contributed by atoms with Crippen molar-refractivity contribution in [3.05, 3.63) is 53.9 Å². The number of aryl methyl sites for hydroxylation is 1. The first-order valence-corrected chi connectivity index (χ1v) is 9.47. The predicted molar refractivity (Wildman–Crippen MR) is 106 cm³/mol. The van der Waals surface area contributed by atoms with Crippen LogP contribution in [0.25, 0.3) is 0 Å². The van der Waals surface area contributed by atoms with E-state index < -0.39 is 0 Å². The van der Waals surface area contributed by atoms with Crippen molar-refractivity contribution in [3.8, 4) is 0 Å². The highest BCUT2D eigenvalue weighted by Crippen LogP contribution is 2.11. The van der Waals surface area contributed by atoms with Gasteiger partial charge in [0.15, 0.2) is 5.96 Å². The van der Waals surface area contributed by atoms with Crippen LogP contribution in [0.1, 0.15) is 37.8 Å². The average Bonchev–Trinajstić information content (AvgIpc) is 3.18. The highest BCUT2D eigenvalue weighted by molar-refractivity contribution is 5.79. The fourth-order valence-electron chi connectivity index (χ4n) is 2.57. The molecule has 1 aromatic carbocycles. The van der Waals surface area contributed by atoms with Gasteiger partial charge >= 0.3 is 0 Å². The lowest BCUT2D eigenvalue weighted by Gasteiger charge is -2.12. The van der Waals surface area contributed by atoms with Crippen molar-refractivity contribution in [1.82, 2.24) is 20.4 Å². The summed E-state index contributed by atoms with van der Waals surface area (Å²) < 4.78 is 7.63. The second-order valence-corrected chi connectivity index (χ2v) is 6.07. The summed E-state index contributed by atoms with van der Waals surface area (Å²) in [4.78, 5) is 4.72. The number of nitrogens with one attached hydrogen (secondary N) is 2. The largest absolute Gasteiger partial charge is 0.377 e. The molecule has 26 heavy (non-hydrogen) atoms. The molecular weight excluding hydrogens is 326 g/mol. The molecule has 2 N–H and O–H groups in total. The van der Waals surface area contributed by atoms with Crippen LogP contribution in [0.15, 0.2) is 47.7 Å². The molecule has 1 aromatic heterocycles. The van der Waals surface area contributed by atoms with Crippen molar-refractivity contribution in [2.45, 2.75) is 46.4 Å². The van der Waals surface area contributed by atoms with Gasteiger partial charge in [0.05, 0.1) is 13.2 Å². The van der Waals surface area contributed by atoms with Gasteiger partial charge in [0.1, 0.15) is 0 Å². The smallest absolute Gasteiger partial charge is 0.191 e. The van der Waals surface area contributed by atoms with Gasteiger partial charge in [-0.1, -0.05) is 31.2 Å². The summed E-state index contributed by atoms with van der Waals surface area (Å²) in [6, 6.07) is 10.3. The Hall–Kier alpha value is -2.34. The van der Waals surface area contributed by atoms with Gasteiger partial charge in [-0.15, -0.1) is 0 Å². The van der Waals surface area contributed by atoms with Crippen molar-refractivity contribution < 1.29 is 4.74 Å². The highest BCUT2D eigenvalue weighted by atomic mass is 16.5. The van der Waals surface area contributed by atoms with Gasteiger partial charge in [-0.2, -0.15) is 5.10 Å². The van der Waals surface area contributed by atoms with Crippen LogP contribution in [-0.2, 0) is 24.4 Å². The van der Waals surface area contributed by atoms with Gasteiger partial charge in [0.25, 0.3) is 0 Å². The summed E-state index contributed by atoms with van der Waals surface area (Å²) in [6.07, 6.45) is 5.82. The Morgan fingerprint density at radius 1 is 1.15 bits per heavy atom. The standard InChI is InChI=1S/C20H31N5O/c1-3-15-26-17-19-10-6-5-9-18(19)16-23-20(21-4-2)22-11-7-13-25-14-8-12-24-25/h5-6,8-10,12,14H,3-4,7,11,13,15-17H2,1-2H3,(H2,21,22,23). The van der Waals surface area contributed by atoms with E-state index in [1.54, 1.807) is 6.20 Å². The molecule has 0 radical (unpaired) electrons. The Kier molecular flexibility index (Phi) is 9.29. The van der Waals surface area contributed by atoms with E-state index in [2.05, 4.69) is 53.8 Å². The summed E-state index contributed by atoms with van der Waals surface area (Å²) in [5, 5.41) is 10.9. The minimum Gasteiger partial charge on any atom is -0.377 e. The summed E-state index contributed by atoms with van der Waals surface area (Å²) in [6.45, 7) is 8.87. The zero-order valence-corrected chi connectivity index (χ0v) is 15.9. The van der Waals surface area contributed by atoms with Crippen LogP contribution in [0.3, 0.4) is 0 Å². The minimum atomic E-state index is 0.639. The Morgan fingerprint density at radius 2 is 2.00 bits per heavy atom. The SMILES string of the molecule is CCCOCc1ccccc1CN=C(NCC)NCCCn1cccn1. The maximum absolute atomic E-state index is 5.69. The summed E-state index contributed by atoms with van der Waals surface area (Å²) in [7, 11) is 0. The van der Waals surface area contributed by atoms with Crippen LogP contribution in [0.2, 0.25) is 0 Å². The second-order valence-electron chi connectivity index (χ2n) is 6.07. The van der Waals surface area contributed by atoms with Crippen molar-refractivity contribution in [3.63, 3.8) is 0 Å². The Balaban J connectivity index is 1.85. The fraction of sp³-hybridized carbons (Fsp3) is 0.500. The third kappa shape index (κ3) is 7.27. The van der Waals surface area contributed by atoms with Gasteiger partial charge in [-0.05, 0) is 37.0 Å². The zero-order chi connectivity index (χ0) is 18.5. The summed E-state index contributed by atoms with van der Waals surface area (Å²) >= 11 is 0. The molecule has 0 amide bonds. The molecule has 0 fully saturated rings. The van der Waals surface area contributed by atoms with Crippen molar-refractivity contribution in [1.29, 1.82) is 0 Å². The molecule has 2 aromatic rings. The number of nitrogens with zero attached hydrogens (tertiary/aromatic N) is 3. The third-order valence-corrected chi connectivity index (χ3v) is 3.89. The van der Waals surface area contributed by atoms with Crippen LogP contribution in [0.4, 0.5) is 0 Å². The number of hydrogen-bond donors (Lipinski definition) is 2. The van der Waals surface area contributed by atoms with Crippen LogP contribution in [0.5, 0.6) is 0 Å². The number of guanidine groups is 1. The molecule has 0 saturated heterocycles. The Morgan fingerprint density at radius 3 is 2.73 bits per heavy atom. The molecule has 0 spiro atoms. The van der Waals surface area contributed by atoms with E-state index in [1.807, 2.05) is 16.9 Å². The topological polar surface area (TPSA) is 63.5 Å². The van der Waals surface area contributed by atoms with Crippen LogP contribution in [0, 0.1) is 0 Å². The van der Waals surface area contributed by atoms with Gasteiger partial charge in [0, 0.05) is 38.6 Å². The number of aromatic nitrogens is 2. The lowest BCUT2D eigenvalue weighted by molar-refractivity contribution is 0.121. The van der Waals surface area contributed by atoms with Gasteiger partial charge in [-0.3, -0.25) is 4.68 Å². The van der Waals surface area contributed by atoms with E-state index in [0.717, 1.165) is 45.0 Å². The van der Waals surface area contributed by atoms with Crippen LogP contribution < -0.4 is 10.6 Å². The maximum atomic E-state index is 5.69. The predicted octanol–water partition coefficient (Wildman–Crippen LogP) is 2.96. The number of rotatable bonds is 11. The molecule has 6 heteroatoms. The summed E-state index contributed by atoms with van der Waals surface area (Å²) in [5.41, 5.74) is 2.41. The molecule has 0 aliphatic carbocycles. The Bertz CT molecular complexity index is 639. The molecule has 0 aliphatic heterocycles. The fourth-order valence-corrected chi connectivity index (χ4v) is 2.57.